The molecule has 0 aliphatic rings. The Morgan fingerprint density at radius 3 is 2.95 bits per heavy atom. The highest BCUT2D eigenvalue weighted by Gasteiger charge is 2.08. The van der Waals surface area contributed by atoms with Crippen LogP contribution < -0.4 is 5.32 Å². The van der Waals surface area contributed by atoms with E-state index in [1.807, 2.05) is 24.3 Å². The summed E-state index contributed by atoms with van der Waals surface area (Å²) in [5.74, 6) is -0.315. The Hall–Kier alpha value is -2.47. The molecular formula is C14H11N3O2S. The third kappa shape index (κ3) is 2.60. The fourth-order valence-electron chi connectivity index (χ4n) is 1.81. The highest BCUT2D eigenvalue weighted by atomic mass is 32.1. The Kier molecular flexibility index (Phi) is 3.30. The van der Waals surface area contributed by atoms with E-state index in [1.165, 1.54) is 18.5 Å². The van der Waals surface area contributed by atoms with Crippen LogP contribution in [-0.2, 0) is 6.54 Å². The maximum absolute atomic E-state index is 11.9. The summed E-state index contributed by atoms with van der Waals surface area (Å²) in [4.78, 5) is 20.1. The van der Waals surface area contributed by atoms with Crippen LogP contribution in [-0.4, -0.2) is 21.0 Å². The van der Waals surface area contributed by atoms with Crippen molar-refractivity contribution in [2.45, 2.75) is 6.54 Å². The number of aromatic hydroxyl groups is 1. The van der Waals surface area contributed by atoms with Gasteiger partial charge in [-0.15, -0.1) is 11.3 Å². The van der Waals surface area contributed by atoms with E-state index in [0.29, 0.717) is 12.1 Å². The number of aromatic nitrogens is 2. The summed E-state index contributed by atoms with van der Waals surface area (Å²) < 4.78 is 1.09. The number of hydrogen-bond acceptors (Lipinski definition) is 5. The average Bonchev–Trinajstić information content (AvgIpc) is 2.87. The smallest absolute Gasteiger partial charge is 0.253 e. The van der Waals surface area contributed by atoms with Crippen LogP contribution in [0, 0.1) is 0 Å². The molecule has 0 atom stereocenters. The lowest BCUT2D eigenvalue weighted by molar-refractivity contribution is 0.0950. The minimum absolute atomic E-state index is 0.0300. The van der Waals surface area contributed by atoms with Gasteiger partial charge in [0, 0.05) is 6.20 Å². The Bertz CT molecular complexity index is 737. The molecule has 0 saturated heterocycles. The summed E-state index contributed by atoms with van der Waals surface area (Å²) in [5.41, 5.74) is 1.26. The molecule has 0 saturated carbocycles. The van der Waals surface area contributed by atoms with Crippen molar-refractivity contribution in [1.82, 2.24) is 15.3 Å². The molecule has 6 heteroatoms. The number of pyridine rings is 1. The molecule has 0 unspecified atom stereocenters. The van der Waals surface area contributed by atoms with E-state index >= 15 is 0 Å². The van der Waals surface area contributed by atoms with Gasteiger partial charge in [0.05, 0.1) is 28.5 Å². The molecule has 2 heterocycles. The second kappa shape index (κ2) is 5.26. The zero-order valence-corrected chi connectivity index (χ0v) is 11.2. The highest BCUT2D eigenvalue weighted by Crippen LogP contribution is 2.21. The zero-order chi connectivity index (χ0) is 13.9. The van der Waals surface area contributed by atoms with Crippen molar-refractivity contribution in [3.8, 4) is 5.75 Å². The summed E-state index contributed by atoms with van der Waals surface area (Å²) in [7, 11) is 0. The molecule has 0 fully saturated rings. The van der Waals surface area contributed by atoms with Crippen molar-refractivity contribution in [1.29, 1.82) is 0 Å². The molecule has 5 nitrogen and oxygen atoms in total. The Morgan fingerprint density at radius 2 is 2.15 bits per heavy atom. The van der Waals surface area contributed by atoms with Crippen molar-refractivity contribution in [3.63, 3.8) is 0 Å². The predicted octanol–water partition coefficient (Wildman–Crippen LogP) is 2.33. The van der Waals surface area contributed by atoms with Gasteiger partial charge in [-0.25, -0.2) is 4.98 Å². The van der Waals surface area contributed by atoms with Gasteiger partial charge >= 0.3 is 0 Å². The number of nitrogens with one attached hydrogen (secondary N) is 1. The van der Waals surface area contributed by atoms with Crippen molar-refractivity contribution < 1.29 is 9.90 Å². The number of rotatable bonds is 3. The van der Waals surface area contributed by atoms with Crippen LogP contribution in [0.1, 0.15) is 15.4 Å². The van der Waals surface area contributed by atoms with E-state index in [-0.39, 0.29) is 11.7 Å². The van der Waals surface area contributed by atoms with Crippen molar-refractivity contribution in [2.24, 2.45) is 0 Å². The van der Waals surface area contributed by atoms with E-state index in [1.54, 1.807) is 11.3 Å². The number of hydrogen-bond donors (Lipinski definition) is 2. The molecule has 100 valence electrons. The van der Waals surface area contributed by atoms with Gasteiger partial charge in [0.2, 0.25) is 0 Å². The van der Waals surface area contributed by atoms with Gasteiger partial charge in [-0.1, -0.05) is 12.1 Å². The van der Waals surface area contributed by atoms with Crippen LogP contribution in [0.3, 0.4) is 0 Å². The minimum atomic E-state index is -0.285. The van der Waals surface area contributed by atoms with Gasteiger partial charge in [0.25, 0.3) is 5.91 Å². The Morgan fingerprint density at radius 1 is 1.30 bits per heavy atom. The SMILES string of the molecule is O=C(NCc1nc2ccccc2s1)c1cncc(O)c1. The third-order valence-corrected chi connectivity index (χ3v) is 3.76. The summed E-state index contributed by atoms with van der Waals surface area (Å²) in [6, 6.07) is 9.21. The topological polar surface area (TPSA) is 75.1 Å². The zero-order valence-electron chi connectivity index (χ0n) is 10.4. The molecule has 2 N–H and O–H groups in total. The van der Waals surface area contributed by atoms with Crippen LogP contribution in [0.4, 0.5) is 0 Å². The van der Waals surface area contributed by atoms with Gasteiger partial charge in [-0.2, -0.15) is 0 Å². The number of carbonyl (C=O) groups is 1. The molecular weight excluding hydrogens is 274 g/mol. The number of thiazole rings is 1. The van der Waals surface area contributed by atoms with Gasteiger partial charge in [0.1, 0.15) is 10.8 Å². The molecule has 0 spiro atoms. The van der Waals surface area contributed by atoms with E-state index in [0.717, 1.165) is 15.2 Å². The van der Waals surface area contributed by atoms with Crippen LogP contribution in [0.2, 0.25) is 0 Å². The van der Waals surface area contributed by atoms with Crippen molar-refractivity contribution >= 4 is 27.5 Å². The molecule has 0 bridgehead atoms. The second-order valence-corrected chi connectivity index (χ2v) is 5.31. The van der Waals surface area contributed by atoms with Crippen molar-refractivity contribution in [2.75, 3.05) is 0 Å². The van der Waals surface area contributed by atoms with E-state index in [9.17, 15) is 9.90 Å². The first-order valence-corrected chi connectivity index (χ1v) is 6.81. The molecule has 2 aromatic heterocycles. The third-order valence-electron chi connectivity index (χ3n) is 2.72. The van der Waals surface area contributed by atoms with E-state index < -0.39 is 0 Å². The van der Waals surface area contributed by atoms with Gasteiger partial charge in [-0.05, 0) is 18.2 Å². The van der Waals surface area contributed by atoms with E-state index in [2.05, 4.69) is 15.3 Å². The molecule has 3 aromatic rings. The molecule has 0 aliphatic heterocycles. The maximum atomic E-state index is 11.9. The highest BCUT2D eigenvalue weighted by molar-refractivity contribution is 7.18. The molecule has 20 heavy (non-hydrogen) atoms. The first-order chi connectivity index (χ1) is 9.72. The lowest BCUT2D eigenvalue weighted by atomic mass is 10.2. The molecule has 3 rings (SSSR count). The summed E-state index contributed by atoms with van der Waals surface area (Å²) in [6.07, 6.45) is 2.69. The van der Waals surface area contributed by atoms with E-state index in [4.69, 9.17) is 0 Å². The number of para-hydroxylation sites is 1. The lowest BCUT2D eigenvalue weighted by Crippen LogP contribution is -2.22. The standard InChI is InChI=1S/C14H11N3O2S/c18-10-5-9(6-15-7-10)14(19)16-8-13-17-11-3-1-2-4-12(11)20-13/h1-7,18H,8H2,(H,16,19). The van der Waals surface area contributed by atoms with Gasteiger partial charge < -0.3 is 10.4 Å². The number of benzene rings is 1. The van der Waals surface area contributed by atoms with Crippen LogP contribution >= 0.6 is 11.3 Å². The lowest BCUT2D eigenvalue weighted by Gasteiger charge is -2.02. The molecule has 1 aromatic carbocycles. The van der Waals surface area contributed by atoms with Crippen LogP contribution in [0.15, 0.2) is 42.7 Å². The molecule has 1 amide bonds. The number of fused-ring (bicyclic) bond motifs is 1. The van der Waals surface area contributed by atoms with Gasteiger partial charge in [-0.3, -0.25) is 9.78 Å². The Labute approximate surface area is 118 Å². The van der Waals surface area contributed by atoms with Crippen molar-refractivity contribution in [3.05, 3.63) is 53.3 Å². The first-order valence-electron chi connectivity index (χ1n) is 5.99. The normalized spacial score (nSPS) is 10.6. The number of nitrogens with zero attached hydrogens (tertiary/aromatic N) is 2. The number of amides is 1. The minimum Gasteiger partial charge on any atom is -0.506 e. The monoisotopic (exact) mass is 285 g/mol. The summed E-state index contributed by atoms with van der Waals surface area (Å²) in [6.45, 7) is 0.355. The Balaban J connectivity index is 1.71. The summed E-state index contributed by atoms with van der Waals surface area (Å²) >= 11 is 1.55. The number of carbonyl (C=O) groups excluding carboxylic acids is 1. The fraction of sp³-hybridized carbons (Fsp3) is 0.0714. The maximum Gasteiger partial charge on any atom is 0.253 e. The molecule has 0 radical (unpaired) electrons. The van der Waals surface area contributed by atoms with Crippen LogP contribution in [0.25, 0.3) is 10.2 Å². The van der Waals surface area contributed by atoms with Gasteiger partial charge in [0.15, 0.2) is 0 Å². The summed E-state index contributed by atoms with van der Waals surface area (Å²) in [5, 5.41) is 12.9. The fourth-order valence-corrected chi connectivity index (χ4v) is 2.71. The average molecular weight is 285 g/mol. The first kappa shape index (κ1) is 12.6. The molecule has 0 aliphatic carbocycles. The largest absolute Gasteiger partial charge is 0.506 e. The second-order valence-electron chi connectivity index (χ2n) is 4.19. The quantitative estimate of drug-likeness (QED) is 0.774. The van der Waals surface area contributed by atoms with Crippen LogP contribution in [0.5, 0.6) is 5.75 Å². The predicted molar refractivity (Wildman–Crippen MR) is 76.7 cm³/mol.